The molecule has 31 heavy (non-hydrogen) atoms. The normalized spacial score (nSPS) is 11.4. The van der Waals surface area contributed by atoms with Crippen LogP contribution in [-0.2, 0) is 19.3 Å². The summed E-state index contributed by atoms with van der Waals surface area (Å²) in [5.74, 6) is 0. The van der Waals surface area contributed by atoms with E-state index in [1.54, 1.807) is 0 Å². The van der Waals surface area contributed by atoms with Crippen LogP contribution in [0.25, 0.3) is 32.9 Å². The summed E-state index contributed by atoms with van der Waals surface area (Å²) in [4.78, 5) is 0. The molecular weight excluding hydrogens is 378 g/mol. The Bertz CT molecular complexity index is 1320. The van der Waals surface area contributed by atoms with Gasteiger partial charge in [-0.1, -0.05) is 80.1 Å². The molecule has 0 saturated carbocycles. The van der Waals surface area contributed by atoms with Gasteiger partial charge in [-0.15, -0.1) is 0 Å². The quantitative estimate of drug-likeness (QED) is 0.320. The second kappa shape index (κ2) is 8.73. The summed E-state index contributed by atoms with van der Waals surface area (Å²) in [5, 5.41) is 14.4. The summed E-state index contributed by atoms with van der Waals surface area (Å²) in [5.41, 5.74) is 8.59. The van der Waals surface area contributed by atoms with E-state index in [1.807, 2.05) is 0 Å². The van der Waals surface area contributed by atoms with Gasteiger partial charge in [0, 0.05) is 5.56 Å². The van der Waals surface area contributed by atoms with Gasteiger partial charge >= 0.3 is 0 Å². The molecule has 0 atom stereocenters. The third-order valence-corrected chi connectivity index (χ3v) is 6.16. The Balaban J connectivity index is 1.66. The van der Waals surface area contributed by atoms with Gasteiger partial charge in [-0.25, -0.2) is 0 Å². The first-order valence-electron chi connectivity index (χ1n) is 11.2. The minimum Gasteiger partial charge on any atom is -0.197 e. The van der Waals surface area contributed by atoms with Gasteiger partial charge in [0.1, 0.15) is 11.0 Å². The number of rotatable bonds is 7. The van der Waals surface area contributed by atoms with Crippen LogP contribution in [0.1, 0.15) is 36.5 Å². The SMILES string of the molecule is CCCCc1c(CCc2ccccc2)cc2n[nH]nc2c1-c1ccc2ccccc2c1. The number of nitrogens with one attached hydrogen (secondary N) is 1. The maximum atomic E-state index is 4.57. The average Bonchev–Trinajstić information content (AvgIpc) is 3.29. The molecule has 0 aliphatic rings. The van der Waals surface area contributed by atoms with E-state index in [-0.39, 0.29) is 0 Å². The Labute approximate surface area is 183 Å². The van der Waals surface area contributed by atoms with Crippen molar-refractivity contribution in [1.29, 1.82) is 0 Å². The van der Waals surface area contributed by atoms with Crippen molar-refractivity contribution in [3.63, 3.8) is 0 Å². The maximum Gasteiger partial charge on any atom is 0.121 e. The Kier molecular flexibility index (Phi) is 5.49. The molecule has 1 N–H and O–H groups in total. The summed E-state index contributed by atoms with van der Waals surface area (Å²) in [6, 6.07) is 28.3. The van der Waals surface area contributed by atoms with Crippen molar-refractivity contribution in [2.75, 3.05) is 0 Å². The lowest BCUT2D eigenvalue weighted by atomic mass is 9.87. The molecule has 154 valence electrons. The fourth-order valence-corrected chi connectivity index (χ4v) is 4.52. The molecule has 5 aromatic rings. The number of fused-ring (bicyclic) bond motifs is 2. The van der Waals surface area contributed by atoms with E-state index in [1.165, 1.54) is 51.4 Å². The van der Waals surface area contributed by atoms with Gasteiger partial charge in [0.25, 0.3) is 0 Å². The van der Waals surface area contributed by atoms with Crippen LogP contribution in [0, 0.1) is 0 Å². The highest BCUT2D eigenvalue weighted by atomic mass is 15.3. The number of hydrogen-bond acceptors (Lipinski definition) is 2. The molecule has 0 amide bonds. The Morgan fingerprint density at radius 2 is 1.55 bits per heavy atom. The maximum absolute atomic E-state index is 4.57. The zero-order valence-corrected chi connectivity index (χ0v) is 17.9. The van der Waals surface area contributed by atoms with Crippen LogP contribution in [0.3, 0.4) is 0 Å². The van der Waals surface area contributed by atoms with Gasteiger partial charge in [-0.3, -0.25) is 0 Å². The van der Waals surface area contributed by atoms with Crippen molar-refractivity contribution >= 4 is 21.8 Å². The van der Waals surface area contributed by atoms with Gasteiger partial charge in [0.15, 0.2) is 0 Å². The van der Waals surface area contributed by atoms with Gasteiger partial charge in [-0.05, 0) is 70.8 Å². The van der Waals surface area contributed by atoms with E-state index in [2.05, 4.69) is 101 Å². The van der Waals surface area contributed by atoms with Crippen LogP contribution >= 0.6 is 0 Å². The summed E-state index contributed by atoms with van der Waals surface area (Å²) in [7, 11) is 0. The fraction of sp³-hybridized carbons (Fsp3) is 0.214. The second-order valence-electron chi connectivity index (χ2n) is 8.23. The highest BCUT2D eigenvalue weighted by Gasteiger charge is 2.18. The summed E-state index contributed by atoms with van der Waals surface area (Å²) < 4.78 is 0. The second-order valence-corrected chi connectivity index (χ2v) is 8.23. The van der Waals surface area contributed by atoms with E-state index in [0.717, 1.165) is 30.3 Å². The standard InChI is InChI=1S/C28H27N3/c1-2-3-13-25-23(15-14-20-9-5-4-6-10-20)19-26-28(30-31-29-26)27(25)24-17-16-21-11-7-8-12-22(21)18-24/h4-12,16-19H,2-3,13-15H2,1H3,(H,29,30,31). The van der Waals surface area contributed by atoms with Crippen molar-refractivity contribution in [3.05, 3.63) is 95.6 Å². The lowest BCUT2D eigenvalue weighted by Crippen LogP contribution is -2.02. The number of aryl methyl sites for hydroxylation is 2. The fourth-order valence-electron chi connectivity index (χ4n) is 4.52. The molecule has 0 saturated heterocycles. The molecule has 0 aliphatic carbocycles. The lowest BCUT2D eigenvalue weighted by molar-refractivity contribution is 0.785. The molecular formula is C28H27N3. The number of aromatic amines is 1. The topological polar surface area (TPSA) is 41.6 Å². The first kappa shape index (κ1) is 19.5. The molecule has 0 radical (unpaired) electrons. The Morgan fingerprint density at radius 1 is 0.742 bits per heavy atom. The summed E-state index contributed by atoms with van der Waals surface area (Å²) in [6.45, 7) is 2.26. The van der Waals surface area contributed by atoms with Crippen LogP contribution in [-0.4, -0.2) is 15.4 Å². The van der Waals surface area contributed by atoms with Gasteiger partial charge in [0.05, 0.1) is 0 Å². The number of benzene rings is 4. The predicted octanol–water partition coefficient (Wildman–Crippen LogP) is 6.91. The predicted molar refractivity (Wildman–Crippen MR) is 129 cm³/mol. The molecule has 1 aromatic heterocycles. The van der Waals surface area contributed by atoms with Crippen molar-refractivity contribution < 1.29 is 0 Å². The molecule has 0 bridgehead atoms. The van der Waals surface area contributed by atoms with Crippen LogP contribution in [0.2, 0.25) is 0 Å². The van der Waals surface area contributed by atoms with Gasteiger partial charge in [0.2, 0.25) is 0 Å². The molecule has 3 nitrogen and oxygen atoms in total. The van der Waals surface area contributed by atoms with E-state index in [9.17, 15) is 0 Å². The number of hydrogen-bond donors (Lipinski definition) is 1. The first-order valence-corrected chi connectivity index (χ1v) is 11.2. The van der Waals surface area contributed by atoms with E-state index in [0.29, 0.717) is 0 Å². The van der Waals surface area contributed by atoms with Crippen molar-refractivity contribution in [1.82, 2.24) is 15.4 Å². The van der Waals surface area contributed by atoms with Crippen LogP contribution in [0.5, 0.6) is 0 Å². The van der Waals surface area contributed by atoms with Crippen molar-refractivity contribution in [2.24, 2.45) is 0 Å². The summed E-state index contributed by atoms with van der Waals surface area (Å²) in [6.07, 6.45) is 5.44. The summed E-state index contributed by atoms with van der Waals surface area (Å²) >= 11 is 0. The first-order chi connectivity index (χ1) is 15.3. The third kappa shape index (κ3) is 3.96. The van der Waals surface area contributed by atoms with Gasteiger partial charge in [-0.2, -0.15) is 15.4 Å². The Morgan fingerprint density at radius 3 is 2.39 bits per heavy atom. The molecule has 1 heterocycles. The molecule has 0 fully saturated rings. The zero-order valence-electron chi connectivity index (χ0n) is 17.9. The molecule has 3 heteroatoms. The van der Waals surface area contributed by atoms with Crippen molar-refractivity contribution in [2.45, 2.75) is 39.0 Å². The highest BCUT2D eigenvalue weighted by Crippen LogP contribution is 2.36. The number of H-pyrrole nitrogens is 1. The van der Waals surface area contributed by atoms with E-state index >= 15 is 0 Å². The van der Waals surface area contributed by atoms with Crippen LogP contribution in [0.4, 0.5) is 0 Å². The number of unbranched alkanes of at least 4 members (excludes halogenated alkanes) is 1. The molecule has 0 aliphatic heterocycles. The molecule has 0 spiro atoms. The highest BCUT2D eigenvalue weighted by molar-refractivity contribution is 5.97. The molecule has 5 rings (SSSR count). The van der Waals surface area contributed by atoms with Crippen LogP contribution < -0.4 is 0 Å². The van der Waals surface area contributed by atoms with E-state index in [4.69, 9.17) is 0 Å². The minimum absolute atomic E-state index is 0.950. The third-order valence-electron chi connectivity index (χ3n) is 6.16. The lowest BCUT2D eigenvalue weighted by Gasteiger charge is -2.17. The zero-order chi connectivity index (χ0) is 21.0. The Hall–Kier alpha value is -3.46. The largest absolute Gasteiger partial charge is 0.197 e. The van der Waals surface area contributed by atoms with Crippen LogP contribution in [0.15, 0.2) is 78.9 Å². The van der Waals surface area contributed by atoms with E-state index < -0.39 is 0 Å². The molecule has 4 aromatic carbocycles. The van der Waals surface area contributed by atoms with Crippen molar-refractivity contribution in [3.8, 4) is 11.1 Å². The number of aromatic nitrogens is 3. The smallest absolute Gasteiger partial charge is 0.121 e. The monoisotopic (exact) mass is 405 g/mol. The average molecular weight is 406 g/mol. The van der Waals surface area contributed by atoms with Gasteiger partial charge < -0.3 is 0 Å². The number of nitrogens with zero attached hydrogens (tertiary/aromatic N) is 2. The minimum atomic E-state index is 0.950. The molecule has 0 unspecified atom stereocenters.